The standard InChI is InChI=1S/C19H29N5O4/c20-19(21)23-11-5-4-9-16(25)24-15(13-14-7-2-1-3-8-14)18(28)22-12-6-10-17(26)27/h1-3,7-8,15H,4-6,9-13H2,(H,22,28)(H,24,25)(H,26,27)(H4,20,21,23)/t15-/m1/s1. The number of carboxylic acids is 1. The van der Waals surface area contributed by atoms with Crippen molar-refractivity contribution in [3.63, 3.8) is 0 Å². The van der Waals surface area contributed by atoms with Crippen molar-refractivity contribution < 1.29 is 19.5 Å². The van der Waals surface area contributed by atoms with Crippen LogP contribution >= 0.6 is 0 Å². The maximum atomic E-state index is 12.5. The van der Waals surface area contributed by atoms with Gasteiger partial charge in [-0.2, -0.15) is 0 Å². The molecule has 0 bridgehead atoms. The molecule has 0 spiro atoms. The van der Waals surface area contributed by atoms with Gasteiger partial charge in [-0.15, -0.1) is 0 Å². The van der Waals surface area contributed by atoms with Gasteiger partial charge >= 0.3 is 5.97 Å². The number of nitrogens with one attached hydrogen (secondary N) is 2. The number of carboxylic acid groups (broad SMARTS) is 1. The molecule has 0 saturated heterocycles. The fourth-order valence-electron chi connectivity index (χ4n) is 2.51. The molecule has 0 unspecified atom stereocenters. The molecular weight excluding hydrogens is 362 g/mol. The van der Waals surface area contributed by atoms with Crippen LogP contribution in [-0.2, 0) is 20.8 Å². The number of carbonyl (C=O) groups is 3. The molecule has 7 N–H and O–H groups in total. The van der Waals surface area contributed by atoms with E-state index >= 15 is 0 Å². The molecule has 0 aliphatic rings. The molecule has 0 fully saturated rings. The molecule has 0 aromatic heterocycles. The summed E-state index contributed by atoms with van der Waals surface area (Å²) >= 11 is 0. The molecule has 1 aromatic rings. The normalized spacial score (nSPS) is 11.3. The lowest BCUT2D eigenvalue weighted by atomic mass is 10.0. The van der Waals surface area contributed by atoms with Crippen LogP contribution in [0.3, 0.4) is 0 Å². The van der Waals surface area contributed by atoms with Crippen LogP contribution in [0.25, 0.3) is 0 Å². The van der Waals surface area contributed by atoms with Crippen LogP contribution in [0.5, 0.6) is 0 Å². The molecule has 1 aromatic carbocycles. The van der Waals surface area contributed by atoms with Gasteiger partial charge < -0.3 is 27.2 Å². The van der Waals surface area contributed by atoms with E-state index in [0.717, 1.165) is 5.56 Å². The summed E-state index contributed by atoms with van der Waals surface area (Å²) in [5.41, 5.74) is 11.4. The lowest BCUT2D eigenvalue weighted by molar-refractivity contribution is -0.137. The van der Waals surface area contributed by atoms with Crippen molar-refractivity contribution in [3.05, 3.63) is 35.9 Å². The van der Waals surface area contributed by atoms with E-state index in [-0.39, 0.29) is 37.2 Å². The van der Waals surface area contributed by atoms with E-state index in [2.05, 4.69) is 15.6 Å². The van der Waals surface area contributed by atoms with Gasteiger partial charge in [0.2, 0.25) is 11.8 Å². The van der Waals surface area contributed by atoms with Crippen molar-refractivity contribution in [2.75, 3.05) is 13.1 Å². The Kier molecular flexibility index (Phi) is 10.8. The Morgan fingerprint density at radius 2 is 1.75 bits per heavy atom. The van der Waals surface area contributed by atoms with Gasteiger partial charge in [0.05, 0.1) is 0 Å². The number of aliphatic carboxylic acids is 1. The highest BCUT2D eigenvalue weighted by Crippen LogP contribution is 2.05. The number of hydrogen-bond acceptors (Lipinski definition) is 4. The first-order valence-electron chi connectivity index (χ1n) is 9.26. The van der Waals surface area contributed by atoms with Crippen LogP contribution in [-0.4, -0.2) is 48.0 Å². The molecule has 1 rings (SSSR count). The van der Waals surface area contributed by atoms with Gasteiger partial charge in [0.15, 0.2) is 5.96 Å². The number of guanidine groups is 1. The first kappa shape index (κ1) is 22.9. The Bertz CT molecular complexity index is 660. The second-order valence-corrected chi connectivity index (χ2v) is 6.36. The summed E-state index contributed by atoms with van der Waals surface area (Å²) in [5, 5.41) is 14.1. The quantitative estimate of drug-likeness (QED) is 0.183. The molecule has 0 saturated carbocycles. The molecule has 9 nitrogen and oxygen atoms in total. The SMILES string of the molecule is NC(N)=NCCCCC(=O)N[C@H](Cc1ccccc1)C(=O)NCCCC(=O)O. The second kappa shape index (κ2) is 13.1. The number of carbonyl (C=O) groups excluding carboxylic acids is 2. The van der Waals surface area contributed by atoms with E-state index in [4.69, 9.17) is 16.6 Å². The number of unbranched alkanes of at least 4 members (excludes halogenated alkanes) is 1. The third-order valence-corrected chi connectivity index (χ3v) is 3.91. The summed E-state index contributed by atoms with van der Waals surface area (Å²) in [7, 11) is 0. The zero-order chi connectivity index (χ0) is 20.8. The summed E-state index contributed by atoms with van der Waals surface area (Å²) in [5.74, 6) is -1.45. The highest BCUT2D eigenvalue weighted by Gasteiger charge is 2.20. The largest absolute Gasteiger partial charge is 0.481 e. The average Bonchev–Trinajstić information content (AvgIpc) is 2.64. The minimum Gasteiger partial charge on any atom is -0.481 e. The van der Waals surface area contributed by atoms with Gasteiger partial charge in [0, 0.05) is 32.4 Å². The zero-order valence-electron chi connectivity index (χ0n) is 15.9. The number of nitrogens with zero attached hydrogens (tertiary/aromatic N) is 1. The molecule has 28 heavy (non-hydrogen) atoms. The maximum absolute atomic E-state index is 12.5. The number of hydrogen-bond donors (Lipinski definition) is 5. The number of aliphatic imine (C=N–C) groups is 1. The van der Waals surface area contributed by atoms with Crippen LogP contribution in [0.4, 0.5) is 0 Å². The Balaban J connectivity index is 2.54. The van der Waals surface area contributed by atoms with Gasteiger partial charge in [0.1, 0.15) is 6.04 Å². The van der Waals surface area contributed by atoms with Gasteiger partial charge in [0.25, 0.3) is 0 Å². The summed E-state index contributed by atoms with van der Waals surface area (Å²) in [6, 6.07) is 8.64. The Labute approximate surface area is 164 Å². The molecule has 154 valence electrons. The zero-order valence-corrected chi connectivity index (χ0v) is 15.9. The lowest BCUT2D eigenvalue weighted by Crippen LogP contribution is -2.48. The summed E-state index contributed by atoms with van der Waals surface area (Å²) in [6.07, 6.45) is 2.18. The smallest absolute Gasteiger partial charge is 0.303 e. The molecule has 0 heterocycles. The van der Waals surface area contributed by atoms with Gasteiger partial charge in [-0.3, -0.25) is 19.4 Å². The fourth-order valence-corrected chi connectivity index (χ4v) is 2.51. The molecule has 9 heteroatoms. The predicted molar refractivity (Wildman–Crippen MR) is 106 cm³/mol. The molecule has 2 amide bonds. The number of amides is 2. The molecular formula is C19H29N5O4. The van der Waals surface area contributed by atoms with Crippen LogP contribution in [0.2, 0.25) is 0 Å². The van der Waals surface area contributed by atoms with Crippen LogP contribution in [0.15, 0.2) is 35.3 Å². The molecule has 0 aliphatic carbocycles. The van der Waals surface area contributed by atoms with Crippen molar-refractivity contribution >= 4 is 23.7 Å². The van der Waals surface area contributed by atoms with Gasteiger partial charge in [-0.05, 0) is 24.8 Å². The van der Waals surface area contributed by atoms with Crippen molar-refractivity contribution in [2.45, 2.75) is 44.6 Å². The van der Waals surface area contributed by atoms with E-state index in [1.807, 2.05) is 30.3 Å². The highest BCUT2D eigenvalue weighted by molar-refractivity contribution is 5.87. The van der Waals surface area contributed by atoms with Crippen LogP contribution < -0.4 is 22.1 Å². The first-order chi connectivity index (χ1) is 13.4. The summed E-state index contributed by atoms with van der Waals surface area (Å²) in [6.45, 7) is 0.692. The minimum absolute atomic E-state index is 0.0203. The predicted octanol–water partition coefficient (Wildman–Crippen LogP) is 0.139. The average molecular weight is 391 g/mol. The van der Waals surface area contributed by atoms with E-state index in [1.165, 1.54) is 0 Å². The highest BCUT2D eigenvalue weighted by atomic mass is 16.4. The Morgan fingerprint density at radius 1 is 1.04 bits per heavy atom. The van der Waals surface area contributed by atoms with E-state index < -0.39 is 12.0 Å². The molecule has 0 radical (unpaired) electrons. The lowest BCUT2D eigenvalue weighted by Gasteiger charge is -2.18. The number of benzene rings is 1. The second-order valence-electron chi connectivity index (χ2n) is 6.36. The first-order valence-corrected chi connectivity index (χ1v) is 9.26. The number of nitrogens with two attached hydrogens (primary N) is 2. The topological polar surface area (TPSA) is 160 Å². The summed E-state index contributed by atoms with van der Waals surface area (Å²) < 4.78 is 0. The van der Waals surface area contributed by atoms with Gasteiger partial charge in [-0.1, -0.05) is 30.3 Å². The minimum atomic E-state index is -0.913. The Hall–Kier alpha value is -3.10. The molecule has 1 atom stereocenters. The van der Waals surface area contributed by atoms with E-state index in [0.29, 0.717) is 32.2 Å². The van der Waals surface area contributed by atoms with Crippen molar-refractivity contribution in [3.8, 4) is 0 Å². The molecule has 0 aliphatic heterocycles. The monoisotopic (exact) mass is 391 g/mol. The van der Waals surface area contributed by atoms with Crippen molar-refractivity contribution in [2.24, 2.45) is 16.5 Å². The van der Waals surface area contributed by atoms with Crippen molar-refractivity contribution in [1.29, 1.82) is 0 Å². The summed E-state index contributed by atoms with van der Waals surface area (Å²) in [4.78, 5) is 39.1. The number of rotatable bonds is 13. The van der Waals surface area contributed by atoms with E-state index in [1.54, 1.807) is 0 Å². The Morgan fingerprint density at radius 3 is 2.39 bits per heavy atom. The van der Waals surface area contributed by atoms with Crippen molar-refractivity contribution in [1.82, 2.24) is 10.6 Å². The van der Waals surface area contributed by atoms with E-state index in [9.17, 15) is 14.4 Å². The third kappa shape index (κ3) is 10.8. The maximum Gasteiger partial charge on any atom is 0.303 e. The fraction of sp³-hybridized carbons (Fsp3) is 0.474. The van der Waals surface area contributed by atoms with Crippen LogP contribution in [0.1, 0.15) is 37.7 Å². The van der Waals surface area contributed by atoms with Crippen LogP contribution in [0, 0.1) is 0 Å². The third-order valence-electron chi connectivity index (χ3n) is 3.91. The van der Waals surface area contributed by atoms with Gasteiger partial charge in [-0.25, -0.2) is 0 Å².